The normalized spacial score (nSPS) is 9.00. The zero-order chi connectivity index (χ0) is 4.83. The van der Waals surface area contributed by atoms with Gasteiger partial charge in [0.05, 0.1) is 0 Å². The van der Waals surface area contributed by atoms with Crippen molar-refractivity contribution in [3.8, 4) is 0 Å². The van der Waals surface area contributed by atoms with Crippen LogP contribution >= 0.6 is 0 Å². The Labute approximate surface area is 52.4 Å². The fourth-order valence-corrected chi connectivity index (χ4v) is 4.50. The Morgan fingerprint density at radius 2 is 2.17 bits per heavy atom. The summed E-state index contributed by atoms with van der Waals surface area (Å²) in [5.41, 5.74) is 0. The van der Waals surface area contributed by atoms with Crippen LogP contribution in [0.15, 0.2) is 0 Å². The van der Waals surface area contributed by atoms with Crippen molar-refractivity contribution < 1.29 is 0 Å². The van der Waals surface area contributed by atoms with Crippen molar-refractivity contribution in [3.05, 3.63) is 0 Å². The van der Waals surface area contributed by atoms with Crippen LogP contribution in [0.2, 0.25) is 15.4 Å². The van der Waals surface area contributed by atoms with E-state index in [1.54, 1.807) is 0 Å². The molecule has 2 heteroatoms. The molecule has 0 aromatic carbocycles. The maximum atomic E-state index is 2.31. The molecule has 0 bridgehead atoms. The molecule has 0 saturated heterocycles. The van der Waals surface area contributed by atoms with Crippen molar-refractivity contribution in [2.24, 2.45) is 0 Å². The van der Waals surface area contributed by atoms with Crippen molar-refractivity contribution in [1.29, 1.82) is 0 Å². The molecule has 0 spiro atoms. The summed E-state index contributed by atoms with van der Waals surface area (Å²) >= 11 is 1.95. The topological polar surface area (TPSA) is 0 Å². The minimum absolute atomic E-state index is 0.954. The molecule has 38 valence electrons. The molecular weight excluding hydrogens is 206 g/mol. The van der Waals surface area contributed by atoms with Gasteiger partial charge < -0.3 is 0 Å². The summed E-state index contributed by atoms with van der Waals surface area (Å²) in [4.78, 5) is 0. The number of rotatable bonds is 3. The molecule has 0 aromatic heterocycles. The van der Waals surface area contributed by atoms with Gasteiger partial charge in [0, 0.05) is 0 Å². The third kappa shape index (κ3) is 5.04. The van der Waals surface area contributed by atoms with E-state index < -0.39 is 0 Å². The van der Waals surface area contributed by atoms with Gasteiger partial charge >= 0.3 is 52.2 Å². The van der Waals surface area contributed by atoms with E-state index in [0.717, 1.165) is 29.9 Å². The Kier molecular flexibility index (Phi) is 7.08. The molecule has 0 fully saturated rings. The first-order valence-electron chi connectivity index (χ1n) is 1.98. The first-order chi connectivity index (χ1) is 2.91. The van der Waals surface area contributed by atoms with Gasteiger partial charge in [-0.1, -0.05) is 0 Å². The average molecular weight is 216 g/mol. The van der Waals surface area contributed by atoms with Gasteiger partial charge in [-0.3, -0.25) is 0 Å². The van der Waals surface area contributed by atoms with Crippen LogP contribution in [-0.2, 0) is 0 Å². The van der Waals surface area contributed by atoms with Crippen molar-refractivity contribution in [1.82, 2.24) is 0 Å². The van der Waals surface area contributed by atoms with Crippen LogP contribution in [0, 0.1) is 0 Å². The van der Waals surface area contributed by atoms with E-state index in [-0.39, 0.29) is 0 Å². The Balaban J connectivity index is 2.34. The van der Waals surface area contributed by atoms with Gasteiger partial charge in [0.1, 0.15) is 0 Å². The third-order valence-electron chi connectivity index (χ3n) is 0.405. The van der Waals surface area contributed by atoms with Crippen LogP contribution in [0.3, 0.4) is 0 Å². The van der Waals surface area contributed by atoms with Crippen molar-refractivity contribution in [2.75, 3.05) is 0 Å². The summed E-state index contributed by atoms with van der Waals surface area (Å²) in [5, 5.41) is 1.43. The zero-order valence-electron chi connectivity index (χ0n) is 4.23. The van der Waals surface area contributed by atoms with Gasteiger partial charge in [0.15, 0.2) is 0 Å². The fourth-order valence-electron chi connectivity index (χ4n) is 0.167. The Hall–Kier alpha value is 1.04. The molecule has 0 nitrogen and oxygen atoms in total. The first kappa shape index (κ1) is 7.04. The standard InChI is InChI=1S/C4H10Se2/c1-3-6-4-5-2/h3-4H2,1-2H3. The molecule has 0 atom stereocenters. The summed E-state index contributed by atoms with van der Waals surface area (Å²) in [6.07, 6.45) is 0. The van der Waals surface area contributed by atoms with Crippen LogP contribution in [0.25, 0.3) is 0 Å². The predicted octanol–water partition coefficient (Wildman–Crippen LogP) is 1.26. The molecule has 0 aliphatic heterocycles. The predicted molar refractivity (Wildman–Crippen MR) is 32.7 cm³/mol. The van der Waals surface area contributed by atoms with E-state index in [0.29, 0.717) is 0 Å². The van der Waals surface area contributed by atoms with E-state index in [1.807, 2.05) is 0 Å². The molecule has 0 aromatic rings. The van der Waals surface area contributed by atoms with E-state index in [1.165, 1.54) is 9.54 Å². The van der Waals surface area contributed by atoms with E-state index in [4.69, 9.17) is 0 Å². The number of hydrogen-bond donors (Lipinski definition) is 0. The van der Waals surface area contributed by atoms with Crippen LogP contribution in [-0.4, -0.2) is 29.9 Å². The van der Waals surface area contributed by atoms with Crippen LogP contribution < -0.4 is 0 Å². The molecule has 6 heavy (non-hydrogen) atoms. The van der Waals surface area contributed by atoms with Gasteiger partial charge in [-0.2, -0.15) is 0 Å². The monoisotopic (exact) mass is 218 g/mol. The SMILES string of the molecule is CC[Se]C[Se]C. The van der Waals surface area contributed by atoms with Crippen molar-refractivity contribution in [3.63, 3.8) is 0 Å². The molecule has 0 saturated carbocycles. The zero-order valence-corrected chi connectivity index (χ0v) is 7.66. The van der Waals surface area contributed by atoms with Crippen molar-refractivity contribution >= 4 is 29.9 Å². The third-order valence-corrected chi connectivity index (χ3v) is 6.49. The summed E-state index contributed by atoms with van der Waals surface area (Å²) in [6, 6.07) is 0. The molecule has 0 rings (SSSR count). The molecule has 0 N–H and O–H groups in total. The molecular formula is C4H10Se2. The van der Waals surface area contributed by atoms with Gasteiger partial charge in [-0.15, -0.1) is 0 Å². The Bertz CT molecular complexity index is 17.5. The van der Waals surface area contributed by atoms with Crippen molar-refractivity contribution in [2.45, 2.75) is 22.3 Å². The van der Waals surface area contributed by atoms with Gasteiger partial charge in [-0.25, -0.2) is 0 Å². The molecule has 0 amide bonds. The summed E-state index contributed by atoms with van der Waals surface area (Å²) < 4.78 is 1.54. The van der Waals surface area contributed by atoms with Crippen LogP contribution in [0.1, 0.15) is 6.92 Å². The van der Waals surface area contributed by atoms with E-state index >= 15 is 0 Å². The molecule has 0 aliphatic rings. The number of hydrogen-bond acceptors (Lipinski definition) is 0. The van der Waals surface area contributed by atoms with E-state index in [9.17, 15) is 0 Å². The van der Waals surface area contributed by atoms with Gasteiger partial charge in [0.2, 0.25) is 0 Å². The molecule has 0 radical (unpaired) electrons. The minimum atomic E-state index is 0.954. The second-order valence-corrected chi connectivity index (χ2v) is 7.24. The molecule has 0 aliphatic carbocycles. The fraction of sp³-hybridized carbons (Fsp3) is 1.00. The summed E-state index contributed by atoms with van der Waals surface area (Å²) in [6.45, 7) is 2.27. The average Bonchev–Trinajstić information content (AvgIpc) is 1.61. The van der Waals surface area contributed by atoms with Gasteiger partial charge in [-0.05, 0) is 0 Å². The second kappa shape index (κ2) is 6.04. The first-order valence-corrected chi connectivity index (χ1v) is 7.33. The van der Waals surface area contributed by atoms with E-state index in [2.05, 4.69) is 12.7 Å². The Morgan fingerprint density at radius 1 is 1.50 bits per heavy atom. The maximum absolute atomic E-state index is 2.31. The van der Waals surface area contributed by atoms with Crippen LogP contribution in [0.4, 0.5) is 0 Å². The summed E-state index contributed by atoms with van der Waals surface area (Å²) in [7, 11) is 0. The molecule has 0 heterocycles. The quantitative estimate of drug-likeness (QED) is 0.492. The van der Waals surface area contributed by atoms with Crippen LogP contribution in [0.5, 0.6) is 0 Å². The second-order valence-electron chi connectivity index (χ2n) is 0.899. The summed E-state index contributed by atoms with van der Waals surface area (Å²) in [5.74, 6) is 2.31. The Morgan fingerprint density at radius 3 is 2.33 bits per heavy atom. The molecule has 0 unspecified atom stereocenters. The van der Waals surface area contributed by atoms with Gasteiger partial charge in [0.25, 0.3) is 0 Å².